The number of hydrogen-bond acceptors (Lipinski definition) is 2. The third-order valence-electron chi connectivity index (χ3n) is 14.7. The van der Waals surface area contributed by atoms with E-state index in [1.54, 1.807) is 0 Å². The second kappa shape index (κ2) is 15.2. The molecule has 13 rings (SSSR count). The second-order valence-corrected chi connectivity index (χ2v) is 18.2. The van der Waals surface area contributed by atoms with Crippen LogP contribution in [0.25, 0.3) is 38.3 Å². The van der Waals surface area contributed by atoms with Gasteiger partial charge in [-0.2, -0.15) is 0 Å². The zero-order valence-electron chi connectivity index (χ0n) is 36.5. The molecule has 0 spiro atoms. The van der Waals surface area contributed by atoms with Crippen LogP contribution in [-0.4, -0.2) is 6.04 Å². The summed E-state index contributed by atoms with van der Waals surface area (Å²) in [6.07, 6.45) is 18.3. The Labute approximate surface area is 381 Å². The summed E-state index contributed by atoms with van der Waals surface area (Å²) in [7, 11) is 0. The van der Waals surface area contributed by atoms with Crippen LogP contribution in [0, 0.1) is 5.92 Å². The second-order valence-electron chi connectivity index (χ2n) is 18.2. The maximum atomic E-state index is 2.59. The molecular weight excluding hydrogens is 785 g/mol. The van der Waals surface area contributed by atoms with Crippen LogP contribution in [0.3, 0.4) is 0 Å². The van der Waals surface area contributed by atoms with Gasteiger partial charge in [-0.05, 0) is 134 Å². The van der Waals surface area contributed by atoms with Gasteiger partial charge >= 0.3 is 0 Å². The first-order chi connectivity index (χ1) is 32.2. The van der Waals surface area contributed by atoms with Crippen LogP contribution in [-0.2, 0) is 0 Å². The summed E-state index contributed by atoms with van der Waals surface area (Å²) in [6, 6.07) is 68.3. The molecule has 0 bridgehead atoms. The summed E-state index contributed by atoms with van der Waals surface area (Å²) in [4.78, 5) is 5.03. The number of nitrogens with zero attached hydrogens (tertiary/aromatic N) is 2. The van der Waals surface area contributed by atoms with Gasteiger partial charge in [0, 0.05) is 45.4 Å². The number of allylic oxidation sites excluding steroid dienone is 10. The maximum absolute atomic E-state index is 2.59. The van der Waals surface area contributed by atoms with Gasteiger partial charge in [-0.3, -0.25) is 0 Å². The molecule has 0 heterocycles. The van der Waals surface area contributed by atoms with Crippen molar-refractivity contribution < 1.29 is 0 Å². The van der Waals surface area contributed by atoms with E-state index in [0.29, 0.717) is 5.92 Å². The van der Waals surface area contributed by atoms with E-state index in [-0.39, 0.29) is 17.9 Å². The van der Waals surface area contributed by atoms with Crippen LogP contribution in [0.5, 0.6) is 0 Å². The predicted molar refractivity (Wildman–Crippen MR) is 275 cm³/mol. The largest absolute Gasteiger partial charge is 0.333 e. The first-order valence-corrected chi connectivity index (χ1v) is 23.4. The third-order valence-corrected chi connectivity index (χ3v) is 14.7. The van der Waals surface area contributed by atoms with Crippen molar-refractivity contribution in [3.8, 4) is 0 Å². The van der Waals surface area contributed by atoms with Crippen molar-refractivity contribution in [1.29, 1.82) is 0 Å². The molecule has 2 nitrogen and oxygen atoms in total. The molecule has 0 N–H and O–H groups in total. The van der Waals surface area contributed by atoms with Gasteiger partial charge in [0.15, 0.2) is 0 Å². The highest BCUT2D eigenvalue weighted by atomic mass is 15.2. The minimum atomic E-state index is 0.124. The number of fused-ring (bicyclic) bond motifs is 6. The van der Waals surface area contributed by atoms with Gasteiger partial charge in [0.2, 0.25) is 0 Å². The average molecular weight is 833 g/mol. The lowest BCUT2D eigenvalue weighted by Gasteiger charge is -2.37. The standard InChI is InChI=1S/C63H48N2/c1-41-21-17-18-36-53(41)65(46-30-15-6-16-31-46)55-40-38-52-59-48(55)33-20-35-50(59)61-56(42-22-7-2-8-23-42)60-49-34-19-32-47-54(64(44-26-11-4-12-27-44)45-28-13-5-14-29-45)39-37-51(58(47)49)62(60)57(63(52)61)43-24-9-3-10-25-43/h2-7,9-22,24-41,53,60,62H,8,23H2,1H3. The van der Waals surface area contributed by atoms with Crippen molar-refractivity contribution >= 4 is 66.7 Å². The number of rotatable bonds is 8. The Hall–Kier alpha value is -7.68. The highest BCUT2D eigenvalue weighted by molar-refractivity contribution is 6.32. The molecule has 0 saturated carbocycles. The number of hydrogen-bond donors (Lipinski definition) is 0. The minimum absolute atomic E-state index is 0.124. The fourth-order valence-corrected chi connectivity index (χ4v) is 12.1. The normalized spacial score (nSPS) is 20.0. The van der Waals surface area contributed by atoms with Gasteiger partial charge in [-0.1, -0.05) is 183 Å². The molecule has 0 radical (unpaired) electrons. The van der Waals surface area contributed by atoms with E-state index in [0.717, 1.165) is 24.2 Å². The summed E-state index contributed by atoms with van der Waals surface area (Å²) >= 11 is 0. The number of para-hydroxylation sites is 3. The lowest BCUT2D eigenvalue weighted by atomic mass is 9.65. The lowest BCUT2D eigenvalue weighted by molar-refractivity contribution is 0.610. The Bertz CT molecular complexity index is 3350. The molecule has 5 aliphatic carbocycles. The van der Waals surface area contributed by atoms with E-state index in [1.165, 1.54) is 94.3 Å². The van der Waals surface area contributed by atoms with E-state index in [9.17, 15) is 0 Å². The molecule has 8 aromatic carbocycles. The highest BCUT2D eigenvalue weighted by Crippen LogP contribution is 2.68. The van der Waals surface area contributed by atoms with Gasteiger partial charge in [0.25, 0.3) is 0 Å². The molecule has 0 aromatic heterocycles. The van der Waals surface area contributed by atoms with Crippen LogP contribution < -0.4 is 9.80 Å². The minimum Gasteiger partial charge on any atom is -0.333 e. The van der Waals surface area contributed by atoms with E-state index < -0.39 is 0 Å². The molecule has 0 aliphatic heterocycles. The van der Waals surface area contributed by atoms with Gasteiger partial charge in [0.05, 0.1) is 11.7 Å². The smallest absolute Gasteiger partial charge is 0.0585 e. The Morgan fingerprint density at radius 2 is 1.05 bits per heavy atom. The van der Waals surface area contributed by atoms with Gasteiger partial charge in [0.1, 0.15) is 0 Å². The number of benzene rings is 8. The zero-order valence-corrected chi connectivity index (χ0v) is 36.5. The molecule has 2 heteroatoms. The quantitative estimate of drug-likeness (QED) is 0.150. The zero-order chi connectivity index (χ0) is 43.0. The van der Waals surface area contributed by atoms with Crippen molar-refractivity contribution in [2.24, 2.45) is 5.92 Å². The van der Waals surface area contributed by atoms with E-state index in [2.05, 4.69) is 241 Å². The number of anilines is 5. The Balaban J connectivity index is 1.10. The summed E-state index contributed by atoms with van der Waals surface area (Å²) in [5, 5.41) is 5.36. The fraction of sp³-hybridized carbons (Fsp3) is 0.111. The van der Waals surface area contributed by atoms with Crippen molar-refractivity contribution in [3.05, 3.63) is 263 Å². The first kappa shape index (κ1) is 37.8. The summed E-state index contributed by atoms with van der Waals surface area (Å²) in [6.45, 7) is 2.34. The molecule has 5 aliphatic rings. The van der Waals surface area contributed by atoms with Gasteiger partial charge in [-0.15, -0.1) is 0 Å². The van der Waals surface area contributed by atoms with Gasteiger partial charge in [-0.25, -0.2) is 0 Å². The topological polar surface area (TPSA) is 6.48 Å². The SMILES string of the molecule is CC1C=CC=CC1N(c1ccccc1)c1ccc2c3c(cccc13)C1=C(C3=CC=CCC3)C3c4cccc5c(N(c6ccccc6)c6ccccc6)ccc(c45)C3C(c3ccccc3)=C12. The average Bonchev–Trinajstić information content (AvgIpc) is 3.88. The van der Waals surface area contributed by atoms with Crippen molar-refractivity contribution in [2.75, 3.05) is 9.80 Å². The molecule has 4 atom stereocenters. The van der Waals surface area contributed by atoms with Crippen LogP contribution >= 0.6 is 0 Å². The third kappa shape index (κ3) is 5.80. The molecule has 4 unspecified atom stereocenters. The van der Waals surface area contributed by atoms with Crippen LogP contribution in [0.2, 0.25) is 0 Å². The molecule has 0 saturated heterocycles. The highest BCUT2D eigenvalue weighted by Gasteiger charge is 2.48. The van der Waals surface area contributed by atoms with Crippen LogP contribution in [0.15, 0.2) is 236 Å². The Kier molecular flexibility index (Phi) is 8.88. The summed E-state index contributed by atoms with van der Waals surface area (Å²) in [5.74, 6) is 0.607. The molecular formula is C63H48N2. The van der Waals surface area contributed by atoms with Crippen molar-refractivity contribution in [3.63, 3.8) is 0 Å². The van der Waals surface area contributed by atoms with Crippen molar-refractivity contribution in [1.82, 2.24) is 0 Å². The molecule has 0 fully saturated rings. The van der Waals surface area contributed by atoms with Crippen LogP contribution in [0.4, 0.5) is 28.4 Å². The van der Waals surface area contributed by atoms with E-state index in [4.69, 9.17) is 0 Å². The van der Waals surface area contributed by atoms with Crippen LogP contribution in [0.1, 0.15) is 59.4 Å². The summed E-state index contributed by atoms with van der Waals surface area (Å²) in [5.41, 5.74) is 20.1. The first-order valence-electron chi connectivity index (χ1n) is 23.4. The van der Waals surface area contributed by atoms with E-state index in [1.807, 2.05) is 0 Å². The summed E-state index contributed by atoms with van der Waals surface area (Å²) < 4.78 is 0. The fourth-order valence-electron chi connectivity index (χ4n) is 12.1. The predicted octanol–water partition coefficient (Wildman–Crippen LogP) is 16.6. The molecule has 65 heavy (non-hydrogen) atoms. The Morgan fingerprint density at radius 1 is 0.462 bits per heavy atom. The molecule has 0 amide bonds. The Morgan fingerprint density at radius 3 is 1.74 bits per heavy atom. The maximum Gasteiger partial charge on any atom is 0.0585 e. The molecule has 8 aromatic rings. The van der Waals surface area contributed by atoms with Gasteiger partial charge < -0.3 is 9.80 Å². The van der Waals surface area contributed by atoms with E-state index >= 15 is 0 Å². The molecule has 310 valence electrons. The van der Waals surface area contributed by atoms with Crippen molar-refractivity contribution in [2.45, 2.75) is 37.6 Å². The monoisotopic (exact) mass is 832 g/mol. The lowest BCUT2D eigenvalue weighted by Crippen LogP contribution is -2.35.